The molecule has 12 nitrogen and oxygen atoms in total. The summed E-state index contributed by atoms with van der Waals surface area (Å²) in [5.74, 6) is 0. The predicted octanol–water partition coefficient (Wildman–Crippen LogP) is 4.38. The molecule has 0 heterocycles. The molecule has 0 aliphatic carbocycles. The van der Waals surface area contributed by atoms with E-state index < -0.39 is 67.4 Å². The van der Waals surface area contributed by atoms with Crippen molar-refractivity contribution in [3.63, 3.8) is 0 Å². The van der Waals surface area contributed by atoms with Crippen LogP contribution < -0.4 is 10.0 Å². The Morgan fingerprint density at radius 1 is 0.390 bits per heavy atom. The molecule has 0 aromatic heterocycles. The van der Waals surface area contributed by atoms with Crippen LogP contribution in [0.3, 0.4) is 0 Å². The van der Waals surface area contributed by atoms with Gasteiger partial charge in [0, 0.05) is 0 Å². The second-order valence-corrected chi connectivity index (χ2v) is 65.4. The molecule has 0 aromatic carbocycles. The van der Waals surface area contributed by atoms with Gasteiger partial charge in [0.25, 0.3) is 9.28 Å². The largest absolute Gasteiger partial charge is 0.375 e. The van der Waals surface area contributed by atoms with Crippen LogP contribution >= 0.6 is 0 Å². The minimum absolute atomic E-state index is 0.0525. The molecule has 0 fully saturated rings. The average molecular weight is 1010 g/mol. The maximum atomic E-state index is 5.49. The fraction of sp³-hybridized carbons (Fsp3) is 1.00. The van der Waals surface area contributed by atoms with Gasteiger partial charge in [-0.3, -0.25) is 18.3 Å². The van der Waals surface area contributed by atoms with Crippen LogP contribution in [-0.2, 0) is 0 Å². The minimum Gasteiger partial charge on any atom is -0.369 e. The van der Waals surface area contributed by atoms with Gasteiger partial charge in [0.2, 0.25) is 0 Å². The molecule has 0 rings (SSSR count). The SMILES string of the molecule is CN(C)[SiH2]N(C)C.CN(C)[SiH](N(C)C)N(C)C.CN(C)[Si](N(C)C)(N(C)C)N(C)C.C[SiH3].C[Si](C)(C)N.C[Si](C)(C)N([Si](C)(C)C)[Si](C)(C)C.C[Si](C)(C)N[Si](C)(C)C. The second-order valence-electron chi connectivity index (χ2n) is 23.6. The molecule has 0 spiro atoms. The Labute approximate surface area is 391 Å². The van der Waals surface area contributed by atoms with Gasteiger partial charge in [-0.25, -0.2) is 0 Å². The Morgan fingerprint density at radius 2 is 0.559 bits per heavy atom. The summed E-state index contributed by atoms with van der Waals surface area (Å²) >= 11 is 0. The van der Waals surface area contributed by atoms with E-state index in [0.717, 1.165) is 0 Å². The number of hydrogen-bond acceptors (Lipinski definition) is 12. The highest BCUT2D eigenvalue weighted by Crippen LogP contribution is 2.27. The zero-order chi connectivity index (χ0) is 50.3. The lowest BCUT2D eigenvalue weighted by Gasteiger charge is -2.51. The van der Waals surface area contributed by atoms with Crippen LogP contribution in [0, 0.1) is 0 Å². The summed E-state index contributed by atoms with van der Waals surface area (Å²) in [6.07, 6.45) is 0. The lowest BCUT2D eigenvalue weighted by molar-refractivity contribution is 0.294. The van der Waals surface area contributed by atoms with Gasteiger partial charge < -0.3 is 36.8 Å². The Kier molecular flexibility index (Phi) is 42.2. The zero-order valence-corrected chi connectivity index (χ0v) is 59.9. The van der Waals surface area contributed by atoms with Crippen molar-refractivity contribution in [3.8, 4) is 0 Å². The third-order valence-electron chi connectivity index (χ3n) is 7.11. The van der Waals surface area contributed by atoms with Crippen molar-refractivity contribution < 1.29 is 0 Å². The Bertz CT molecular complexity index is 852. The van der Waals surface area contributed by atoms with Crippen LogP contribution in [0.4, 0.5) is 0 Å². The molecule has 0 amide bonds. The second kappa shape index (κ2) is 33.2. The van der Waals surface area contributed by atoms with Crippen molar-refractivity contribution in [2.24, 2.45) is 5.40 Å². The lowest BCUT2D eigenvalue weighted by Crippen LogP contribution is -2.77. The Hall–Kier alpha value is 1.69. The van der Waals surface area contributed by atoms with E-state index in [0.29, 0.717) is 0 Å². The molecule has 0 atom stereocenters. The van der Waals surface area contributed by atoms with E-state index >= 15 is 0 Å². The first-order valence-corrected chi connectivity index (χ1v) is 49.3. The molecule has 368 valence electrons. The van der Waals surface area contributed by atoms with Gasteiger partial charge in [-0.2, -0.15) is 0 Å². The van der Waals surface area contributed by atoms with Crippen molar-refractivity contribution in [2.45, 2.75) is 124 Å². The van der Waals surface area contributed by atoms with E-state index in [-0.39, 0.29) is 9.84 Å². The summed E-state index contributed by atoms with van der Waals surface area (Å²) in [5.41, 5.74) is 0. The monoisotopic (exact) mass is 1010 g/mol. The number of nitrogens with two attached hydrogens (primary N) is 1. The van der Waals surface area contributed by atoms with Crippen molar-refractivity contribution in [2.75, 3.05) is 127 Å². The van der Waals surface area contributed by atoms with Gasteiger partial charge in [-0.15, -0.1) is 0 Å². The minimum atomic E-state index is -1.77. The fourth-order valence-corrected chi connectivity index (χ4v) is 50.3. The highest BCUT2D eigenvalue weighted by Gasteiger charge is 2.46. The molecule has 0 bridgehead atoms. The third-order valence-corrected chi connectivity index (χ3v) is 37.9. The van der Waals surface area contributed by atoms with Crippen molar-refractivity contribution in [1.29, 1.82) is 0 Å². The van der Waals surface area contributed by atoms with Crippen LogP contribution in [0.2, 0.25) is 124 Å². The van der Waals surface area contributed by atoms with E-state index in [1.165, 1.54) is 10.2 Å². The van der Waals surface area contributed by atoms with Gasteiger partial charge in [-0.05, 0) is 137 Å². The van der Waals surface area contributed by atoms with Crippen LogP contribution in [0.25, 0.3) is 0 Å². The molecule has 22 heteroatoms. The van der Waals surface area contributed by atoms with Gasteiger partial charge in [-0.1, -0.05) is 124 Å². The molecular formula is C37H120N12Si10. The predicted molar refractivity (Wildman–Crippen MR) is 310 cm³/mol. The molecule has 0 aliphatic heterocycles. The Morgan fingerprint density at radius 3 is 0.559 bits per heavy atom. The van der Waals surface area contributed by atoms with Crippen molar-refractivity contribution in [1.82, 2.24) is 49.6 Å². The first kappa shape index (κ1) is 75.0. The van der Waals surface area contributed by atoms with Gasteiger partial charge in [0.05, 0.1) is 0 Å². The lowest BCUT2D eigenvalue weighted by atomic mass is 11.2. The van der Waals surface area contributed by atoms with E-state index in [2.05, 4.69) is 301 Å². The molecule has 0 aromatic rings. The molecule has 0 aliphatic rings. The summed E-state index contributed by atoms with van der Waals surface area (Å²) in [4.78, 5) is 0. The molecule has 0 saturated heterocycles. The normalized spacial score (nSPS) is 13.2. The fourth-order valence-electron chi connectivity index (χ4n) is 8.50. The molecule has 0 unspecified atom stereocenters. The number of hydrogen-bond donors (Lipinski definition) is 2. The highest BCUT2D eigenvalue weighted by atomic mass is 28.5. The molecule has 59 heavy (non-hydrogen) atoms. The van der Waals surface area contributed by atoms with Gasteiger partial charge >= 0.3 is 8.72 Å². The number of nitrogens with one attached hydrogen (secondary N) is 1. The van der Waals surface area contributed by atoms with E-state index in [9.17, 15) is 0 Å². The maximum absolute atomic E-state index is 5.49. The first-order valence-electron chi connectivity index (χ1n) is 21.8. The quantitative estimate of drug-likeness (QED) is 0.243. The zero-order valence-electron chi connectivity index (χ0n) is 48.3. The summed E-state index contributed by atoms with van der Waals surface area (Å²) in [7, 11) is 30.6. The smallest absolute Gasteiger partial charge is 0.369 e. The summed E-state index contributed by atoms with van der Waals surface area (Å²) in [6.45, 7) is 45.0. The van der Waals surface area contributed by atoms with Crippen molar-refractivity contribution >= 4 is 87.5 Å². The van der Waals surface area contributed by atoms with E-state index in [4.69, 9.17) is 5.40 Å². The molecule has 0 saturated carbocycles. The van der Waals surface area contributed by atoms with Gasteiger partial charge in [0.15, 0.2) is 9.84 Å². The first-order chi connectivity index (χ1) is 25.4. The summed E-state index contributed by atoms with van der Waals surface area (Å²) in [5, 5.41) is 5.49. The van der Waals surface area contributed by atoms with Crippen LogP contribution in [0.15, 0.2) is 0 Å². The van der Waals surface area contributed by atoms with Crippen molar-refractivity contribution in [3.05, 3.63) is 0 Å². The molecule has 0 radical (unpaired) electrons. The summed E-state index contributed by atoms with van der Waals surface area (Å²) in [6, 6.07) is 0. The van der Waals surface area contributed by atoms with E-state index in [1.54, 1.807) is 0 Å². The number of nitrogens with zero attached hydrogens (tertiary/aromatic N) is 10. The van der Waals surface area contributed by atoms with Crippen LogP contribution in [-0.4, -0.2) is 259 Å². The third kappa shape index (κ3) is 46.0. The molecular weight excluding hydrogens is 893 g/mol. The standard InChI is InChI=1S/C9H27NSi3.C8H24N4Si.C6H19N3Si.C6H19NSi2.C4H14N2Si.C3H11NSi.CH6Si/c1-11(2,3)10(12(4,5)6)13(7,8)9;1-9(2)13(10(3)4,11(5)6)12(7)8;1-7(2)10(8(3)4)9(5)6;1-8(2,3)7-9(4,5)6;1-5(2)7-6(3)4;1-5(2,3)4;1-2/h1-9H3;1-8H3;10H,1-6H3;7H,1-6H3;7H2,1-4H3;4H2,1-3H3;1-2H3. The summed E-state index contributed by atoms with van der Waals surface area (Å²) < 4.78 is 27.5. The van der Waals surface area contributed by atoms with E-state index in [1.807, 2.05) is 0 Å². The van der Waals surface area contributed by atoms with Crippen LogP contribution in [0.1, 0.15) is 0 Å². The molecule has 3 N–H and O–H groups in total. The van der Waals surface area contributed by atoms with Crippen LogP contribution in [0.5, 0.6) is 0 Å². The maximum Gasteiger partial charge on any atom is 0.375 e. The average Bonchev–Trinajstić information content (AvgIpc) is 2.83. The van der Waals surface area contributed by atoms with Gasteiger partial charge in [0.1, 0.15) is 49.4 Å². The number of rotatable bonds is 14. The Balaban J connectivity index is -0.000000112. The topological polar surface area (TPSA) is 70.5 Å². The highest BCUT2D eigenvalue weighted by molar-refractivity contribution is 7.03.